The molecule has 2 atom stereocenters. The van der Waals surface area contributed by atoms with Crippen molar-refractivity contribution in [2.75, 3.05) is 0 Å². The van der Waals surface area contributed by atoms with Crippen LogP contribution >= 0.6 is 11.6 Å². The van der Waals surface area contributed by atoms with E-state index in [0.29, 0.717) is 11.4 Å². The Labute approximate surface area is 151 Å². The number of amides is 1. The van der Waals surface area contributed by atoms with Crippen molar-refractivity contribution in [3.8, 4) is 0 Å². The minimum absolute atomic E-state index is 0.192. The first kappa shape index (κ1) is 17.5. The van der Waals surface area contributed by atoms with Crippen molar-refractivity contribution in [2.24, 2.45) is 5.73 Å². The van der Waals surface area contributed by atoms with Crippen molar-refractivity contribution in [3.63, 3.8) is 0 Å². The van der Waals surface area contributed by atoms with Crippen LogP contribution in [0.25, 0.3) is 10.8 Å². The number of halogens is 1. The molecule has 25 heavy (non-hydrogen) atoms. The van der Waals surface area contributed by atoms with Crippen molar-refractivity contribution in [1.82, 2.24) is 9.55 Å². The number of aliphatic hydroxyl groups is 1. The zero-order valence-electron chi connectivity index (χ0n) is 13.9. The molecule has 0 fully saturated rings. The topological polar surface area (TPSA) is 81.1 Å². The summed E-state index contributed by atoms with van der Waals surface area (Å²) in [6, 6.07) is 11.8. The van der Waals surface area contributed by atoms with Crippen LogP contribution in [0.1, 0.15) is 35.4 Å². The van der Waals surface area contributed by atoms with Gasteiger partial charge in [-0.1, -0.05) is 35.9 Å². The van der Waals surface area contributed by atoms with Crippen molar-refractivity contribution >= 4 is 28.3 Å². The fraction of sp³-hybridized carbons (Fsp3) is 0.263. The summed E-state index contributed by atoms with van der Waals surface area (Å²) < 4.78 is 1.76. The molecular formula is C19H20ClN3O2. The molecule has 1 aromatic heterocycles. The van der Waals surface area contributed by atoms with E-state index in [0.717, 1.165) is 17.2 Å². The summed E-state index contributed by atoms with van der Waals surface area (Å²) in [7, 11) is 0. The molecule has 0 aliphatic carbocycles. The minimum atomic E-state index is -0.584. The molecule has 1 amide bonds. The molecule has 6 heteroatoms. The second kappa shape index (κ2) is 7.25. The van der Waals surface area contributed by atoms with Gasteiger partial charge in [0.15, 0.2) is 0 Å². The monoisotopic (exact) mass is 357 g/mol. The molecule has 0 saturated heterocycles. The van der Waals surface area contributed by atoms with E-state index in [4.69, 9.17) is 17.3 Å². The first-order valence-electron chi connectivity index (χ1n) is 8.14. The molecule has 2 aromatic carbocycles. The van der Waals surface area contributed by atoms with Gasteiger partial charge in [-0.25, -0.2) is 4.98 Å². The number of nitrogens with two attached hydrogens (primary N) is 1. The summed E-state index contributed by atoms with van der Waals surface area (Å²) in [5.74, 6) is -0.575. The number of aromatic nitrogens is 2. The summed E-state index contributed by atoms with van der Waals surface area (Å²) >= 11 is 6.07. The number of hydrogen-bond donors (Lipinski definition) is 2. The van der Waals surface area contributed by atoms with Crippen molar-refractivity contribution in [1.29, 1.82) is 0 Å². The average Bonchev–Trinajstić information content (AvgIpc) is 3.04. The minimum Gasteiger partial charge on any atom is -0.391 e. The summed E-state index contributed by atoms with van der Waals surface area (Å²) in [6.45, 7) is 1.73. The van der Waals surface area contributed by atoms with E-state index in [1.165, 1.54) is 5.56 Å². The lowest BCUT2D eigenvalue weighted by atomic mass is 9.97. The normalized spacial score (nSPS) is 13.7. The van der Waals surface area contributed by atoms with Gasteiger partial charge in [0.25, 0.3) is 5.91 Å². The number of primary amides is 1. The van der Waals surface area contributed by atoms with Gasteiger partial charge in [0, 0.05) is 11.2 Å². The first-order chi connectivity index (χ1) is 12.0. The standard InChI is InChI=1S/C19H20ClN3O2/c1-12(24)18(23-10-17(19(21)25)22-11-23)8-5-13-3-2-4-14-9-15(20)6-7-16(13)14/h2-4,6-7,9-12,18,24H,5,8H2,1H3,(H2,21,25)/t12-,18+/m0/s1. The van der Waals surface area contributed by atoms with Crippen molar-refractivity contribution in [3.05, 3.63) is 65.2 Å². The maximum absolute atomic E-state index is 11.2. The molecular weight excluding hydrogens is 338 g/mol. The molecule has 1 heterocycles. The third kappa shape index (κ3) is 3.83. The van der Waals surface area contributed by atoms with Gasteiger partial charge in [-0.3, -0.25) is 4.79 Å². The fourth-order valence-corrected chi connectivity index (χ4v) is 3.31. The molecule has 130 valence electrons. The van der Waals surface area contributed by atoms with Crippen LogP contribution in [0, 0.1) is 0 Å². The predicted molar refractivity (Wildman–Crippen MR) is 98.7 cm³/mol. The van der Waals surface area contributed by atoms with Crippen LogP contribution < -0.4 is 5.73 Å². The number of hydrogen-bond acceptors (Lipinski definition) is 3. The molecule has 0 unspecified atom stereocenters. The number of carbonyl (C=O) groups excluding carboxylic acids is 1. The molecule has 0 spiro atoms. The zero-order valence-corrected chi connectivity index (χ0v) is 14.6. The highest BCUT2D eigenvalue weighted by Gasteiger charge is 2.19. The highest BCUT2D eigenvalue weighted by atomic mass is 35.5. The third-order valence-electron chi connectivity index (χ3n) is 4.44. The Balaban J connectivity index is 1.83. The van der Waals surface area contributed by atoms with Gasteiger partial charge in [0.1, 0.15) is 5.69 Å². The Morgan fingerprint density at radius 2 is 2.16 bits per heavy atom. The second-order valence-electron chi connectivity index (χ2n) is 6.20. The molecule has 5 nitrogen and oxygen atoms in total. The van der Waals surface area contributed by atoms with E-state index in [1.807, 2.05) is 30.3 Å². The SMILES string of the molecule is C[C@H](O)[C@@H](CCc1cccc2cc(Cl)ccc12)n1cnc(C(N)=O)c1. The van der Waals surface area contributed by atoms with Crippen LogP contribution in [-0.4, -0.2) is 26.7 Å². The molecule has 0 bridgehead atoms. The van der Waals surface area contributed by atoms with Crippen LogP contribution in [0.4, 0.5) is 0 Å². The van der Waals surface area contributed by atoms with Crippen molar-refractivity contribution in [2.45, 2.75) is 31.9 Å². The smallest absolute Gasteiger partial charge is 0.268 e. The zero-order chi connectivity index (χ0) is 18.0. The molecule has 0 aliphatic heterocycles. The van der Waals surface area contributed by atoms with Crippen LogP contribution in [0.15, 0.2) is 48.9 Å². The Morgan fingerprint density at radius 3 is 2.84 bits per heavy atom. The number of nitrogens with zero attached hydrogens (tertiary/aromatic N) is 2. The lowest BCUT2D eigenvalue weighted by molar-refractivity contribution is 0.0994. The number of benzene rings is 2. The molecule has 0 saturated carbocycles. The average molecular weight is 358 g/mol. The Morgan fingerprint density at radius 1 is 1.36 bits per heavy atom. The van der Waals surface area contributed by atoms with E-state index in [1.54, 1.807) is 24.0 Å². The maximum Gasteiger partial charge on any atom is 0.268 e. The highest BCUT2D eigenvalue weighted by molar-refractivity contribution is 6.31. The Bertz CT molecular complexity index is 905. The van der Waals surface area contributed by atoms with Gasteiger partial charge in [0.2, 0.25) is 0 Å². The Kier molecular flexibility index (Phi) is 5.06. The predicted octanol–water partition coefficient (Wildman–Crippen LogP) is 3.34. The quantitative estimate of drug-likeness (QED) is 0.709. The lowest BCUT2D eigenvalue weighted by Gasteiger charge is -2.21. The summed E-state index contributed by atoms with van der Waals surface area (Å²) in [6.07, 6.45) is 4.02. The van der Waals surface area contributed by atoms with E-state index < -0.39 is 12.0 Å². The van der Waals surface area contributed by atoms with Gasteiger partial charge in [-0.2, -0.15) is 0 Å². The van der Waals surface area contributed by atoms with E-state index in [2.05, 4.69) is 11.1 Å². The van der Waals surface area contributed by atoms with Crippen LogP contribution in [0.5, 0.6) is 0 Å². The first-order valence-corrected chi connectivity index (χ1v) is 8.52. The van der Waals surface area contributed by atoms with Gasteiger partial charge >= 0.3 is 0 Å². The van der Waals surface area contributed by atoms with Gasteiger partial charge in [-0.15, -0.1) is 0 Å². The molecule has 0 aliphatic rings. The number of fused-ring (bicyclic) bond motifs is 1. The molecule has 3 rings (SSSR count). The lowest BCUT2D eigenvalue weighted by Crippen LogP contribution is -2.21. The fourth-order valence-electron chi connectivity index (χ4n) is 3.13. The maximum atomic E-state index is 11.2. The number of imidazole rings is 1. The number of carbonyl (C=O) groups is 1. The van der Waals surface area contributed by atoms with E-state index in [-0.39, 0.29) is 11.7 Å². The molecule has 3 N–H and O–H groups in total. The number of rotatable bonds is 6. The van der Waals surface area contributed by atoms with Gasteiger partial charge < -0.3 is 15.4 Å². The summed E-state index contributed by atoms with van der Waals surface area (Å²) in [5.41, 5.74) is 6.64. The third-order valence-corrected chi connectivity index (χ3v) is 4.67. The summed E-state index contributed by atoms with van der Waals surface area (Å²) in [4.78, 5) is 15.2. The largest absolute Gasteiger partial charge is 0.391 e. The number of aliphatic hydroxyl groups excluding tert-OH is 1. The molecule has 3 aromatic rings. The van der Waals surface area contributed by atoms with Crippen LogP contribution in [0.2, 0.25) is 5.02 Å². The van der Waals surface area contributed by atoms with Gasteiger partial charge in [-0.05, 0) is 48.2 Å². The van der Waals surface area contributed by atoms with Crippen molar-refractivity contribution < 1.29 is 9.90 Å². The van der Waals surface area contributed by atoms with Gasteiger partial charge in [0.05, 0.1) is 18.5 Å². The van der Waals surface area contributed by atoms with Crippen LogP contribution in [0.3, 0.4) is 0 Å². The van der Waals surface area contributed by atoms with Crippen LogP contribution in [-0.2, 0) is 6.42 Å². The molecule has 0 radical (unpaired) electrons. The van der Waals surface area contributed by atoms with E-state index >= 15 is 0 Å². The second-order valence-corrected chi connectivity index (χ2v) is 6.64. The highest BCUT2D eigenvalue weighted by Crippen LogP contribution is 2.26. The number of aryl methyl sites for hydroxylation is 1. The Hall–Kier alpha value is -2.37. The van der Waals surface area contributed by atoms with E-state index in [9.17, 15) is 9.90 Å². The summed E-state index contributed by atoms with van der Waals surface area (Å²) in [5, 5.41) is 13.1.